The number of piperidine rings is 1. The predicted octanol–water partition coefficient (Wildman–Crippen LogP) is 0.347. The van der Waals surface area contributed by atoms with Crippen molar-refractivity contribution in [2.45, 2.75) is 25.9 Å². The van der Waals surface area contributed by atoms with Crippen molar-refractivity contribution in [3.8, 4) is 0 Å². The number of rotatable bonds is 4. The van der Waals surface area contributed by atoms with Crippen molar-refractivity contribution in [1.82, 2.24) is 10.2 Å². The van der Waals surface area contributed by atoms with Gasteiger partial charge in [0.15, 0.2) is 0 Å². The molecule has 5 nitrogen and oxygen atoms in total. The average Bonchev–Trinajstić information content (AvgIpc) is 2.26. The first-order chi connectivity index (χ1) is 7.15. The summed E-state index contributed by atoms with van der Waals surface area (Å²) in [7, 11) is 0. The molecular formula is C10H20N2O3. The number of nitrogens with one attached hydrogen (secondary N) is 1. The molecule has 1 aliphatic rings. The largest absolute Gasteiger partial charge is 0.465 e. The van der Waals surface area contributed by atoms with E-state index in [1.54, 1.807) is 0 Å². The van der Waals surface area contributed by atoms with Gasteiger partial charge < -0.3 is 20.4 Å². The Hall–Kier alpha value is -0.810. The standard InChI is InChI=1S/C10H20N2O3/c1-2-11-7-9(13)8-3-5-12(6-4-8)10(14)15/h8-9,11,13H,2-7H2,1H3,(H,14,15). The molecule has 1 rings (SSSR count). The number of likely N-dealkylation sites (N-methyl/N-ethyl adjacent to an activating group) is 1. The van der Waals surface area contributed by atoms with Crippen LogP contribution in [0.25, 0.3) is 0 Å². The van der Waals surface area contributed by atoms with Gasteiger partial charge in [0.2, 0.25) is 0 Å². The molecular weight excluding hydrogens is 196 g/mol. The van der Waals surface area contributed by atoms with Crippen molar-refractivity contribution >= 4 is 6.09 Å². The zero-order chi connectivity index (χ0) is 11.3. The summed E-state index contributed by atoms with van der Waals surface area (Å²) in [6.07, 6.45) is 0.327. The third-order valence-corrected chi connectivity index (χ3v) is 2.96. The monoisotopic (exact) mass is 216 g/mol. The molecule has 5 heteroatoms. The van der Waals surface area contributed by atoms with Crippen LogP contribution in [0.5, 0.6) is 0 Å². The number of hydrogen-bond acceptors (Lipinski definition) is 3. The molecule has 88 valence electrons. The van der Waals surface area contributed by atoms with Crippen LogP contribution in [0, 0.1) is 5.92 Å². The fourth-order valence-corrected chi connectivity index (χ4v) is 1.93. The van der Waals surface area contributed by atoms with E-state index in [0.717, 1.165) is 19.4 Å². The Balaban J connectivity index is 2.27. The van der Waals surface area contributed by atoms with Gasteiger partial charge >= 0.3 is 6.09 Å². The van der Waals surface area contributed by atoms with E-state index in [2.05, 4.69) is 5.32 Å². The molecule has 0 aromatic heterocycles. The minimum Gasteiger partial charge on any atom is -0.465 e. The van der Waals surface area contributed by atoms with Crippen LogP contribution < -0.4 is 5.32 Å². The molecule has 1 atom stereocenters. The summed E-state index contributed by atoms with van der Waals surface area (Å²) in [5.74, 6) is 0.236. The molecule has 1 aliphatic heterocycles. The molecule has 0 bridgehead atoms. The molecule has 0 aromatic carbocycles. The number of nitrogens with zero attached hydrogens (tertiary/aromatic N) is 1. The Morgan fingerprint density at radius 1 is 1.53 bits per heavy atom. The Labute approximate surface area is 90.1 Å². The van der Waals surface area contributed by atoms with Crippen LogP contribution in [0.15, 0.2) is 0 Å². The van der Waals surface area contributed by atoms with Crippen LogP contribution in [0.3, 0.4) is 0 Å². The number of aliphatic hydroxyl groups excluding tert-OH is 1. The Kier molecular flexibility index (Phi) is 4.84. The molecule has 0 spiro atoms. The molecule has 0 aliphatic carbocycles. The summed E-state index contributed by atoms with van der Waals surface area (Å²) in [6.45, 7) is 4.55. The van der Waals surface area contributed by atoms with E-state index < -0.39 is 6.09 Å². The number of amides is 1. The van der Waals surface area contributed by atoms with E-state index in [9.17, 15) is 9.90 Å². The molecule has 1 saturated heterocycles. The maximum Gasteiger partial charge on any atom is 0.407 e. The highest BCUT2D eigenvalue weighted by molar-refractivity contribution is 5.64. The van der Waals surface area contributed by atoms with Crippen LogP contribution in [-0.2, 0) is 0 Å². The van der Waals surface area contributed by atoms with Crippen molar-refractivity contribution in [2.24, 2.45) is 5.92 Å². The van der Waals surface area contributed by atoms with E-state index in [1.165, 1.54) is 4.90 Å². The van der Waals surface area contributed by atoms with Gasteiger partial charge in [-0.3, -0.25) is 0 Å². The van der Waals surface area contributed by atoms with Crippen LogP contribution in [0.1, 0.15) is 19.8 Å². The first-order valence-corrected chi connectivity index (χ1v) is 5.51. The molecule has 0 radical (unpaired) electrons. The molecule has 1 heterocycles. The second kappa shape index (κ2) is 5.92. The Bertz CT molecular complexity index is 203. The first kappa shape index (κ1) is 12.3. The molecule has 1 amide bonds. The molecule has 3 N–H and O–H groups in total. The minimum atomic E-state index is -0.852. The number of likely N-dealkylation sites (tertiary alicyclic amines) is 1. The van der Waals surface area contributed by atoms with Crippen molar-refractivity contribution in [2.75, 3.05) is 26.2 Å². The maximum absolute atomic E-state index is 10.7. The predicted molar refractivity (Wildman–Crippen MR) is 56.9 cm³/mol. The fourth-order valence-electron chi connectivity index (χ4n) is 1.93. The Morgan fingerprint density at radius 3 is 2.60 bits per heavy atom. The highest BCUT2D eigenvalue weighted by Crippen LogP contribution is 2.20. The van der Waals surface area contributed by atoms with Crippen molar-refractivity contribution < 1.29 is 15.0 Å². The van der Waals surface area contributed by atoms with Crippen LogP contribution >= 0.6 is 0 Å². The third kappa shape index (κ3) is 3.68. The van der Waals surface area contributed by atoms with Gasteiger partial charge in [0.1, 0.15) is 0 Å². The van der Waals surface area contributed by atoms with Crippen LogP contribution in [-0.4, -0.2) is 53.5 Å². The van der Waals surface area contributed by atoms with Crippen LogP contribution in [0.2, 0.25) is 0 Å². The smallest absolute Gasteiger partial charge is 0.407 e. The SMILES string of the molecule is CCNCC(O)C1CCN(C(=O)O)CC1. The zero-order valence-corrected chi connectivity index (χ0v) is 9.15. The van der Waals surface area contributed by atoms with Gasteiger partial charge in [-0.1, -0.05) is 6.92 Å². The second-order valence-corrected chi connectivity index (χ2v) is 3.98. The van der Waals surface area contributed by atoms with Gasteiger partial charge in [-0.2, -0.15) is 0 Å². The van der Waals surface area contributed by atoms with Gasteiger partial charge in [-0.05, 0) is 25.3 Å². The minimum absolute atomic E-state index is 0.236. The summed E-state index contributed by atoms with van der Waals surface area (Å²) in [5.41, 5.74) is 0. The summed E-state index contributed by atoms with van der Waals surface area (Å²) >= 11 is 0. The van der Waals surface area contributed by atoms with Crippen molar-refractivity contribution in [3.63, 3.8) is 0 Å². The van der Waals surface area contributed by atoms with E-state index in [1.807, 2.05) is 6.92 Å². The average molecular weight is 216 g/mol. The Morgan fingerprint density at radius 2 is 2.13 bits per heavy atom. The number of carboxylic acid groups (broad SMARTS) is 1. The maximum atomic E-state index is 10.7. The van der Waals surface area contributed by atoms with Gasteiger partial charge in [0.05, 0.1) is 6.10 Å². The lowest BCUT2D eigenvalue weighted by molar-refractivity contribution is 0.0582. The zero-order valence-electron chi connectivity index (χ0n) is 9.15. The third-order valence-electron chi connectivity index (χ3n) is 2.96. The lowest BCUT2D eigenvalue weighted by Gasteiger charge is -2.32. The van der Waals surface area contributed by atoms with E-state index in [0.29, 0.717) is 19.6 Å². The summed E-state index contributed by atoms with van der Waals surface area (Å²) in [5, 5.41) is 21.7. The summed E-state index contributed by atoms with van der Waals surface area (Å²) < 4.78 is 0. The number of carbonyl (C=O) groups is 1. The molecule has 1 fully saturated rings. The second-order valence-electron chi connectivity index (χ2n) is 3.98. The lowest BCUT2D eigenvalue weighted by Crippen LogP contribution is -2.43. The molecule has 0 aromatic rings. The quantitative estimate of drug-likeness (QED) is 0.634. The number of hydrogen-bond donors (Lipinski definition) is 3. The molecule has 0 saturated carbocycles. The van der Waals surface area contributed by atoms with Crippen molar-refractivity contribution in [1.29, 1.82) is 0 Å². The first-order valence-electron chi connectivity index (χ1n) is 5.51. The van der Waals surface area contributed by atoms with Gasteiger partial charge in [0, 0.05) is 19.6 Å². The van der Waals surface area contributed by atoms with Gasteiger partial charge in [0.25, 0.3) is 0 Å². The molecule has 1 unspecified atom stereocenters. The normalized spacial score (nSPS) is 20.3. The molecule has 15 heavy (non-hydrogen) atoms. The van der Waals surface area contributed by atoms with Gasteiger partial charge in [-0.25, -0.2) is 4.79 Å². The summed E-state index contributed by atoms with van der Waals surface area (Å²) in [6, 6.07) is 0. The number of aliphatic hydroxyl groups is 1. The highest BCUT2D eigenvalue weighted by Gasteiger charge is 2.26. The lowest BCUT2D eigenvalue weighted by atomic mass is 9.91. The topological polar surface area (TPSA) is 72.8 Å². The summed E-state index contributed by atoms with van der Waals surface area (Å²) in [4.78, 5) is 12.1. The fraction of sp³-hybridized carbons (Fsp3) is 0.900. The van der Waals surface area contributed by atoms with Crippen molar-refractivity contribution in [3.05, 3.63) is 0 Å². The highest BCUT2D eigenvalue weighted by atomic mass is 16.4. The van der Waals surface area contributed by atoms with E-state index in [4.69, 9.17) is 5.11 Å². The van der Waals surface area contributed by atoms with E-state index in [-0.39, 0.29) is 12.0 Å². The van der Waals surface area contributed by atoms with E-state index >= 15 is 0 Å². The van der Waals surface area contributed by atoms with Crippen LogP contribution in [0.4, 0.5) is 4.79 Å². The van der Waals surface area contributed by atoms with Gasteiger partial charge in [-0.15, -0.1) is 0 Å².